The van der Waals surface area contributed by atoms with Crippen LogP contribution in [0, 0.1) is 27.7 Å². The summed E-state index contributed by atoms with van der Waals surface area (Å²) in [6.07, 6.45) is 0. The molecule has 10 aromatic rings. The Kier molecular flexibility index (Phi) is 5.08. The Morgan fingerprint density at radius 3 is 1.30 bits per heavy atom. The van der Waals surface area contributed by atoms with E-state index < -0.39 is 0 Å². The normalized spacial score (nSPS) is 12.3. The van der Waals surface area contributed by atoms with Crippen molar-refractivity contribution in [2.45, 2.75) is 27.7 Å². The van der Waals surface area contributed by atoms with Crippen LogP contribution in [0.2, 0.25) is 0 Å². The van der Waals surface area contributed by atoms with Crippen molar-refractivity contribution in [2.24, 2.45) is 0 Å². The Balaban J connectivity index is 1.58. The zero-order valence-electron chi connectivity index (χ0n) is 26.5. The molecular weight excluding hydrogens is 553 g/mol. The van der Waals surface area contributed by atoms with E-state index in [1.807, 2.05) is 0 Å². The fourth-order valence-corrected chi connectivity index (χ4v) is 9.16. The Bertz CT molecular complexity index is 2940. The summed E-state index contributed by atoms with van der Waals surface area (Å²) in [7, 11) is 0. The molecule has 0 unspecified atom stereocenters. The number of rotatable bonds is 1. The molecule has 0 spiro atoms. The molecule has 0 nitrogen and oxygen atoms in total. The first-order valence-electron chi connectivity index (χ1n) is 16.4. The molecule has 0 atom stereocenters. The molecule has 0 bridgehead atoms. The Morgan fingerprint density at radius 2 is 0.609 bits per heavy atom. The van der Waals surface area contributed by atoms with Crippen molar-refractivity contribution < 1.29 is 0 Å². The average molecular weight is 585 g/mol. The van der Waals surface area contributed by atoms with E-state index in [-0.39, 0.29) is 0 Å². The third-order valence-electron chi connectivity index (χ3n) is 11.0. The van der Waals surface area contributed by atoms with Crippen molar-refractivity contribution in [3.8, 4) is 11.1 Å². The van der Waals surface area contributed by atoms with Crippen LogP contribution in [-0.2, 0) is 0 Å². The van der Waals surface area contributed by atoms with Gasteiger partial charge in [0.05, 0.1) is 0 Å². The average Bonchev–Trinajstić information content (AvgIpc) is 3.09. The lowest BCUT2D eigenvalue weighted by Gasteiger charge is -2.24. The van der Waals surface area contributed by atoms with Crippen LogP contribution in [0.5, 0.6) is 0 Å². The smallest absolute Gasteiger partial charge is 0.000741 e. The van der Waals surface area contributed by atoms with Crippen LogP contribution in [0.25, 0.3) is 97.3 Å². The summed E-state index contributed by atoms with van der Waals surface area (Å²) in [4.78, 5) is 0. The van der Waals surface area contributed by atoms with Gasteiger partial charge in [0.1, 0.15) is 0 Å². The number of hydrogen-bond acceptors (Lipinski definition) is 0. The fourth-order valence-electron chi connectivity index (χ4n) is 9.16. The molecule has 10 aromatic carbocycles. The van der Waals surface area contributed by atoms with Gasteiger partial charge in [-0.15, -0.1) is 0 Å². The topological polar surface area (TPSA) is 0 Å². The fraction of sp³-hybridized carbons (Fsp3) is 0.0870. The summed E-state index contributed by atoms with van der Waals surface area (Å²) < 4.78 is 0. The van der Waals surface area contributed by atoms with Crippen molar-refractivity contribution >= 4 is 86.2 Å². The number of fused-ring (bicyclic) bond motifs is 8. The lowest BCUT2D eigenvalue weighted by molar-refractivity contribution is 1.49. The molecule has 0 aliphatic carbocycles. The van der Waals surface area contributed by atoms with E-state index in [1.54, 1.807) is 0 Å². The van der Waals surface area contributed by atoms with E-state index in [2.05, 4.69) is 149 Å². The lowest BCUT2D eigenvalue weighted by atomic mass is 9.79. The van der Waals surface area contributed by atoms with Gasteiger partial charge in [0, 0.05) is 0 Å². The largest absolute Gasteiger partial charge is 0.0616 e. The van der Waals surface area contributed by atoms with Crippen LogP contribution < -0.4 is 0 Å². The quantitative estimate of drug-likeness (QED) is 0.133. The summed E-state index contributed by atoms with van der Waals surface area (Å²) in [6.45, 7) is 9.14. The minimum absolute atomic E-state index is 1.31. The highest BCUT2D eigenvalue weighted by molar-refractivity contribution is 6.45. The minimum Gasteiger partial charge on any atom is -0.0616 e. The molecule has 46 heavy (non-hydrogen) atoms. The molecule has 216 valence electrons. The first-order valence-corrected chi connectivity index (χ1v) is 16.4. The second-order valence-corrected chi connectivity index (χ2v) is 13.3. The van der Waals surface area contributed by atoms with Gasteiger partial charge in [-0.1, -0.05) is 121 Å². The van der Waals surface area contributed by atoms with Gasteiger partial charge < -0.3 is 0 Å². The Labute approximate surface area is 267 Å². The Morgan fingerprint density at radius 1 is 0.239 bits per heavy atom. The van der Waals surface area contributed by atoms with E-state index in [0.29, 0.717) is 0 Å². The van der Waals surface area contributed by atoms with Gasteiger partial charge in [-0.25, -0.2) is 0 Å². The molecular formula is C46H32. The molecule has 0 aromatic heterocycles. The first-order chi connectivity index (χ1) is 22.5. The van der Waals surface area contributed by atoms with Gasteiger partial charge in [-0.3, -0.25) is 0 Å². The molecule has 0 fully saturated rings. The summed E-state index contributed by atoms with van der Waals surface area (Å²) >= 11 is 0. The van der Waals surface area contributed by atoms with E-state index in [9.17, 15) is 0 Å². The van der Waals surface area contributed by atoms with Crippen LogP contribution in [-0.4, -0.2) is 0 Å². The SMILES string of the molecule is Cc1cccc2c(-c3c4ccccc4c4c5c3cccc5c3ccc(C)c5c(C)c6ccccc6c4c53)c3ccccc3c(C)c12. The van der Waals surface area contributed by atoms with Gasteiger partial charge in [-0.05, 0) is 147 Å². The molecule has 0 N–H and O–H groups in total. The highest BCUT2D eigenvalue weighted by Gasteiger charge is 2.24. The maximum atomic E-state index is 2.38. The molecule has 0 saturated heterocycles. The van der Waals surface area contributed by atoms with Crippen LogP contribution in [0.4, 0.5) is 0 Å². The summed E-state index contributed by atoms with van der Waals surface area (Å²) in [5, 5.41) is 21.6. The lowest BCUT2D eigenvalue weighted by Crippen LogP contribution is -1.97. The van der Waals surface area contributed by atoms with Crippen LogP contribution in [0.3, 0.4) is 0 Å². The maximum Gasteiger partial charge on any atom is -0.000741 e. The highest BCUT2D eigenvalue weighted by atomic mass is 14.3. The molecule has 10 rings (SSSR count). The highest BCUT2D eigenvalue weighted by Crippen LogP contribution is 2.52. The predicted molar refractivity (Wildman–Crippen MR) is 202 cm³/mol. The van der Waals surface area contributed by atoms with E-state index in [0.717, 1.165) is 0 Å². The summed E-state index contributed by atoms with van der Waals surface area (Å²) in [5.74, 6) is 0. The van der Waals surface area contributed by atoms with Crippen molar-refractivity contribution in [3.63, 3.8) is 0 Å². The number of aryl methyl sites for hydroxylation is 4. The minimum atomic E-state index is 1.31. The second kappa shape index (κ2) is 9.05. The van der Waals surface area contributed by atoms with E-state index in [1.165, 1.54) is 120 Å². The monoisotopic (exact) mass is 584 g/mol. The van der Waals surface area contributed by atoms with Crippen LogP contribution >= 0.6 is 0 Å². The Hall–Kier alpha value is -5.46. The van der Waals surface area contributed by atoms with Gasteiger partial charge in [0.15, 0.2) is 0 Å². The van der Waals surface area contributed by atoms with Crippen LogP contribution in [0.1, 0.15) is 22.3 Å². The van der Waals surface area contributed by atoms with Crippen molar-refractivity contribution in [1.82, 2.24) is 0 Å². The van der Waals surface area contributed by atoms with Gasteiger partial charge in [0.2, 0.25) is 0 Å². The number of benzene rings is 10. The van der Waals surface area contributed by atoms with Crippen molar-refractivity contribution in [1.29, 1.82) is 0 Å². The van der Waals surface area contributed by atoms with Crippen LogP contribution in [0.15, 0.2) is 121 Å². The van der Waals surface area contributed by atoms with Crippen molar-refractivity contribution in [2.75, 3.05) is 0 Å². The zero-order valence-corrected chi connectivity index (χ0v) is 26.5. The number of hydrogen-bond donors (Lipinski definition) is 0. The van der Waals surface area contributed by atoms with E-state index in [4.69, 9.17) is 0 Å². The maximum absolute atomic E-state index is 2.38. The standard InChI is InChI=1S/C46H32/c1-25-13-11-21-37-39(25)27(3)29-14-5-7-16-31(29)41(37)42-33-18-9-10-19-35(33)45-43-34(20-12-22-38(42)43)36-24-23-26(2)40-28(4)30-15-6-8-17-32(30)46(45)44(36)40/h5-24H,1-4H3. The molecule has 0 heteroatoms. The molecule has 0 saturated carbocycles. The third-order valence-corrected chi connectivity index (χ3v) is 11.0. The zero-order chi connectivity index (χ0) is 30.8. The molecule has 0 amide bonds. The van der Waals surface area contributed by atoms with Crippen molar-refractivity contribution in [3.05, 3.63) is 144 Å². The summed E-state index contributed by atoms with van der Waals surface area (Å²) in [6, 6.07) is 45.8. The molecule has 0 radical (unpaired) electrons. The predicted octanol–water partition coefficient (Wildman–Crippen LogP) is 13.3. The van der Waals surface area contributed by atoms with Gasteiger partial charge in [0.25, 0.3) is 0 Å². The summed E-state index contributed by atoms with van der Waals surface area (Å²) in [5.41, 5.74) is 8.08. The van der Waals surface area contributed by atoms with Gasteiger partial charge >= 0.3 is 0 Å². The van der Waals surface area contributed by atoms with E-state index >= 15 is 0 Å². The second-order valence-electron chi connectivity index (χ2n) is 13.3. The molecule has 0 aliphatic heterocycles. The van der Waals surface area contributed by atoms with Gasteiger partial charge in [-0.2, -0.15) is 0 Å². The molecule has 0 heterocycles. The molecule has 0 aliphatic rings. The third kappa shape index (κ3) is 3.09. The first kappa shape index (κ1) is 25.8.